The van der Waals surface area contributed by atoms with Crippen LogP contribution in [0.15, 0.2) is 140 Å². The summed E-state index contributed by atoms with van der Waals surface area (Å²) in [5, 5.41) is 14.5. The van der Waals surface area contributed by atoms with Crippen LogP contribution in [0.2, 0.25) is 0 Å². The zero-order valence-electron chi connectivity index (χ0n) is 33.6. The molecule has 276 valence electrons. The lowest BCUT2D eigenvalue weighted by atomic mass is 9.86. The first-order valence-corrected chi connectivity index (χ1v) is 19.6. The van der Waals surface area contributed by atoms with E-state index in [1.807, 2.05) is 18.2 Å². The quantitative estimate of drug-likeness (QED) is 0.166. The van der Waals surface area contributed by atoms with E-state index >= 15 is 0 Å². The molecule has 0 N–H and O–H groups in total. The van der Waals surface area contributed by atoms with Crippen LogP contribution < -0.4 is 0 Å². The highest BCUT2D eigenvalue weighted by Crippen LogP contribution is 2.44. The summed E-state index contributed by atoms with van der Waals surface area (Å²) >= 11 is 0. The van der Waals surface area contributed by atoms with E-state index in [9.17, 15) is 5.26 Å². The largest absolute Gasteiger partial charge is 0.309 e. The highest BCUT2D eigenvalue weighted by molar-refractivity contribution is 6.12. The minimum absolute atomic E-state index is 0.000278. The molecule has 7 aromatic carbocycles. The molecule has 0 aliphatic carbocycles. The molecule has 9 rings (SSSR count). The average molecular weight is 737 g/mol. The van der Waals surface area contributed by atoms with E-state index < -0.39 is 0 Å². The van der Waals surface area contributed by atoms with Crippen LogP contribution in [0.25, 0.3) is 82.1 Å². The molecule has 0 saturated carbocycles. The summed E-state index contributed by atoms with van der Waals surface area (Å²) in [5.41, 5.74) is 15.5. The Hall–Kier alpha value is -6.88. The van der Waals surface area contributed by atoms with Crippen molar-refractivity contribution in [1.29, 1.82) is 5.26 Å². The second kappa shape index (κ2) is 13.1. The van der Waals surface area contributed by atoms with E-state index in [1.165, 1.54) is 32.7 Å². The molecule has 2 heterocycles. The molecule has 0 unspecified atom stereocenters. The molecule has 0 fully saturated rings. The molecule has 0 radical (unpaired) electrons. The Morgan fingerprint density at radius 2 is 1.05 bits per heavy atom. The lowest BCUT2D eigenvalue weighted by molar-refractivity contribution is 0.591. The van der Waals surface area contributed by atoms with Gasteiger partial charge in [0.15, 0.2) is 5.69 Å². The molecule has 0 saturated heterocycles. The number of fused-ring (bicyclic) bond motifs is 6. The summed E-state index contributed by atoms with van der Waals surface area (Å²) in [4.78, 5) is 3.97. The zero-order chi connectivity index (χ0) is 39.8. The zero-order valence-corrected chi connectivity index (χ0v) is 33.6. The van der Waals surface area contributed by atoms with Crippen molar-refractivity contribution in [2.45, 2.75) is 59.3 Å². The standard InChI is InChI=1S/C53H44N4/c1-33-27-34(32-54)17-22-39(33)35-18-23-42(51(28-35)57-47-16-12-10-14-41(47)44-30-37(53(5,6)7)20-25-49(44)57)45-31-38(55-8)21-26-50(45)56-46-15-11-9-13-40(46)43-29-36(52(2,3)4)19-24-48(43)56/h9-31H,1-7H3. The van der Waals surface area contributed by atoms with Gasteiger partial charge in [-0.1, -0.05) is 114 Å². The van der Waals surface area contributed by atoms with Gasteiger partial charge in [0, 0.05) is 27.1 Å². The van der Waals surface area contributed by atoms with E-state index in [1.54, 1.807) is 0 Å². The van der Waals surface area contributed by atoms with Gasteiger partial charge in [0.25, 0.3) is 0 Å². The second-order valence-corrected chi connectivity index (χ2v) is 17.4. The fourth-order valence-corrected chi connectivity index (χ4v) is 8.57. The molecule has 0 aliphatic heterocycles. The van der Waals surface area contributed by atoms with E-state index in [4.69, 9.17) is 6.57 Å². The number of para-hydroxylation sites is 2. The topological polar surface area (TPSA) is 38.0 Å². The van der Waals surface area contributed by atoms with Crippen molar-refractivity contribution in [1.82, 2.24) is 9.13 Å². The maximum absolute atomic E-state index is 9.68. The Balaban J connectivity index is 1.40. The Kier molecular flexibility index (Phi) is 8.24. The Labute approximate surface area is 334 Å². The van der Waals surface area contributed by atoms with Gasteiger partial charge < -0.3 is 9.13 Å². The van der Waals surface area contributed by atoms with Gasteiger partial charge in [-0.25, -0.2) is 4.85 Å². The van der Waals surface area contributed by atoms with Gasteiger partial charge in [-0.2, -0.15) is 5.26 Å². The van der Waals surface area contributed by atoms with E-state index in [0.29, 0.717) is 11.3 Å². The molecule has 57 heavy (non-hydrogen) atoms. The van der Waals surface area contributed by atoms with Crippen LogP contribution in [-0.4, -0.2) is 9.13 Å². The van der Waals surface area contributed by atoms with Crippen molar-refractivity contribution in [2.75, 3.05) is 0 Å². The summed E-state index contributed by atoms with van der Waals surface area (Å²) in [6.45, 7) is 23.8. The Bertz CT molecular complexity index is 3180. The maximum atomic E-state index is 9.68. The average Bonchev–Trinajstić information content (AvgIpc) is 3.72. The van der Waals surface area contributed by atoms with Gasteiger partial charge in [-0.3, -0.25) is 0 Å². The molecule has 4 heteroatoms. The highest BCUT2D eigenvalue weighted by atomic mass is 15.0. The first-order chi connectivity index (χ1) is 27.4. The Morgan fingerprint density at radius 1 is 0.509 bits per heavy atom. The monoisotopic (exact) mass is 736 g/mol. The van der Waals surface area contributed by atoms with Crippen LogP contribution in [0.1, 0.15) is 63.8 Å². The van der Waals surface area contributed by atoms with Gasteiger partial charge in [-0.05, 0) is 118 Å². The number of aryl methyl sites for hydroxylation is 1. The van der Waals surface area contributed by atoms with Crippen LogP contribution in [0.3, 0.4) is 0 Å². The number of nitriles is 1. The SMILES string of the molecule is [C-]#[N+]c1ccc(-n2c3ccccc3c3cc(C(C)(C)C)ccc32)c(-c2ccc(-c3ccc(C#N)cc3C)cc2-n2c3ccccc3c3cc(C(C)(C)C)ccc32)c1. The number of benzene rings is 7. The Morgan fingerprint density at radius 3 is 1.60 bits per heavy atom. The molecule has 0 bridgehead atoms. The molecule has 4 nitrogen and oxygen atoms in total. The normalized spacial score (nSPS) is 12.1. The van der Waals surface area contributed by atoms with Crippen LogP contribution in [-0.2, 0) is 10.8 Å². The first kappa shape index (κ1) is 35.8. The van der Waals surface area contributed by atoms with E-state index in [2.05, 4.69) is 190 Å². The van der Waals surface area contributed by atoms with Gasteiger partial charge >= 0.3 is 0 Å². The lowest BCUT2D eigenvalue weighted by Gasteiger charge is -2.21. The fourth-order valence-electron chi connectivity index (χ4n) is 8.57. The molecular weight excluding hydrogens is 693 g/mol. The van der Waals surface area contributed by atoms with Crippen LogP contribution >= 0.6 is 0 Å². The summed E-state index contributed by atoms with van der Waals surface area (Å²) in [6.07, 6.45) is 0. The van der Waals surface area contributed by atoms with E-state index in [-0.39, 0.29) is 10.8 Å². The third-order valence-corrected chi connectivity index (χ3v) is 11.6. The molecule has 0 amide bonds. The number of aromatic nitrogens is 2. The first-order valence-electron chi connectivity index (χ1n) is 19.6. The molecule has 0 aliphatic rings. The highest BCUT2D eigenvalue weighted by Gasteiger charge is 2.24. The summed E-state index contributed by atoms with van der Waals surface area (Å²) < 4.78 is 4.79. The number of rotatable bonds is 4. The number of nitrogens with zero attached hydrogens (tertiary/aromatic N) is 4. The fraction of sp³-hybridized carbons (Fsp3) is 0.170. The van der Waals surface area contributed by atoms with Gasteiger partial charge in [0.05, 0.1) is 51.6 Å². The molecule has 2 aromatic heterocycles. The number of hydrogen-bond donors (Lipinski definition) is 0. The number of hydrogen-bond acceptors (Lipinski definition) is 1. The van der Waals surface area contributed by atoms with Crippen molar-refractivity contribution < 1.29 is 0 Å². The molecule has 9 aromatic rings. The maximum Gasteiger partial charge on any atom is 0.188 e. The van der Waals surface area contributed by atoms with Crippen LogP contribution in [0.4, 0.5) is 5.69 Å². The summed E-state index contributed by atoms with van der Waals surface area (Å²) in [7, 11) is 0. The van der Waals surface area contributed by atoms with Crippen LogP contribution in [0.5, 0.6) is 0 Å². The molecular formula is C53H44N4. The predicted octanol–water partition coefficient (Wildman–Crippen LogP) is 14.5. The minimum atomic E-state index is -0.0133. The lowest BCUT2D eigenvalue weighted by Crippen LogP contribution is -2.10. The second-order valence-electron chi connectivity index (χ2n) is 17.4. The summed E-state index contributed by atoms with van der Waals surface area (Å²) in [5.74, 6) is 0. The van der Waals surface area contributed by atoms with Crippen molar-refractivity contribution in [3.8, 4) is 39.7 Å². The van der Waals surface area contributed by atoms with Crippen LogP contribution in [0, 0.1) is 24.8 Å². The molecule has 0 atom stereocenters. The van der Waals surface area contributed by atoms with Gasteiger partial charge in [-0.15, -0.1) is 0 Å². The molecule has 0 spiro atoms. The third-order valence-electron chi connectivity index (χ3n) is 11.6. The van der Waals surface area contributed by atoms with Crippen molar-refractivity contribution in [3.05, 3.63) is 173 Å². The van der Waals surface area contributed by atoms with Gasteiger partial charge in [0.2, 0.25) is 0 Å². The van der Waals surface area contributed by atoms with Crippen molar-refractivity contribution >= 4 is 49.3 Å². The van der Waals surface area contributed by atoms with Gasteiger partial charge in [0.1, 0.15) is 0 Å². The third kappa shape index (κ3) is 5.89. The smallest absolute Gasteiger partial charge is 0.188 e. The van der Waals surface area contributed by atoms with Crippen molar-refractivity contribution in [2.24, 2.45) is 0 Å². The van der Waals surface area contributed by atoms with Crippen molar-refractivity contribution in [3.63, 3.8) is 0 Å². The summed E-state index contributed by atoms with van der Waals surface area (Å²) in [6, 6.07) is 52.2. The predicted molar refractivity (Wildman–Crippen MR) is 239 cm³/mol. The van der Waals surface area contributed by atoms with E-state index in [0.717, 1.165) is 61.3 Å². The minimum Gasteiger partial charge on any atom is -0.309 e.